The van der Waals surface area contributed by atoms with E-state index in [1.807, 2.05) is 40.0 Å². The molecular formula is C25H33ClN6O. The molecule has 1 aliphatic heterocycles. The molecule has 176 valence electrons. The molecule has 1 fully saturated rings. The van der Waals surface area contributed by atoms with Crippen molar-refractivity contribution in [1.29, 1.82) is 0 Å². The van der Waals surface area contributed by atoms with Crippen molar-refractivity contribution in [2.75, 3.05) is 31.1 Å². The third-order valence-corrected chi connectivity index (χ3v) is 6.30. The first-order valence-corrected chi connectivity index (χ1v) is 12.4. The van der Waals surface area contributed by atoms with Crippen molar-refractivity contribution < 1.29 is 4.79 Å². The summed E-state index contributed by atoms with van der Waals surface area (Å²) >= 11 is 6.25. The zero-order valence-electron chi connectivity index (χ0n) is 19.8. The van der Waals surface area contributed by atoms with Crippen LogP contribution in [0.15, 0.2) is 30.5 Å². The minimum absolute atomic E-state index is 0.249. The minimum atomic E-state index is 0.249. The van der Waals surface area contributed by atoms with Gasteiger partial charge in [0.25, 0.3) is 0 Å². The zero-order valence-corrected chi connectivity index (χ0v) is 20.6. The van der Waals surface area contributed by atoms with E-state index in [0.29, 0.717) is 23.9 Å². The Labute approximate surface area is 200 Å². The van der Waals surface area contributed by atoms with Gasteiger partial charge in [0.15, 0.2) is 5.65 Å². The van der Waals surface area contributed by atoms with Crippen molar-refractivity contribution in [2.24, 2.45) is 5.92 Å². The number of aryl methyl sites for hydroxylation is 1. The smallest absolute Gasteiger partial charge is 0.222 e. The fraction of sp³-hybridized carbons (Fsp3) is 0.520. The van der Waals surface area contributed by atoms with Crippen molar-refractivity contribution in [1.82, 2.24) is 24.6 Å². The number of halogens is 1. The van der Waals surface area contributed by atoms with Gasteiger partial charge in [0.2, 0.25) is 5.91 Å². The van der Waals surface area contributed by atoms with Crippen LogP contribution in [0, 0.1) is 5.92 Å². The van der Waals surface area contributed by atoms with Crippen LogP contribution in [0.3, 0.4) is 0 Å². The molecule has 0 bridgehead atoms. The Morgan fingerprint density at radius 3 is 2.76 bits per heavy atom. The van der Waals surface area contributed by atoms with E-state index in [1.165, 1.54) is 0 Å². The average Bonchev–Trinajstić information content (AvgIpc) is 3.06. The second kappa shape index (κ2) is 10.5. The number of carbonyl (C=O) groups excluding carboxylic acids is 1. The molecule has 1 amide bonds. The van der Waals surface area contributed by atoms with Crippen LogP contribution in [0.4, 0.5) is 5.82 Å². The molecule has 0 unspecified atom stereocenters. The molecule has 3 aromatic rings. The van der Waals surface area contributed by atoms with E-state index in [1.54, 1.807) is 0 Å². The second-order valence-electron chi connectivity index (χ2n) is 9.14. The monoisotopic (exact) mass is 468 g/mol. The van der Waals surface area contributed by atoms with Gasteiger partial charge in [0, 0.05) is 44.0 Å². The zero-order chi connectivity index (χ0) is 23.4. The van der Waals surface area contributed by atoms with Crippen LogP contribution in [0.1, 0.15) is 52.3 Å². The van der Waals surface area contributed by atoms with Crippen molar-refractivity contribution in [3.8, 4) is 5.69 Å². The molecule has 0 spiro atoms. The highest BCUT2D eigenvalue weighted by molar-refractivity contribution is 6.30. The van der Waals surface area contributed by atoms with Gasteiger partial charge in [-0.05, 0) is 43.4 Å². The van der Waals surface area contributed by atoms with E-state index in [-0.39, 0.29) is 5.91 Å². The summed E-state index contributed by atoms with van der Waals surface area (Å²) in [5.74, 6) is 2.57. The molecule has 8 heteroatoms. The van der Waals surface area contributed by atoms with Gasteiger partial charge in [-0.3, -0.25) is 4.79 Å². The number of anilines is 1. The third-order valence-electron chi connectivity index (χ3n) is 6.06. The molecular weight excluding hydrogens is 436 g/mol. The van der Waals surface area contributed by atoms with Crippen molar-refractivity contribution in [3.63, 3.8) is 0 Å². The molecule has 0 saturated carbocycles. The van der Waals surface area contributed by atoms with E-state index in [0.717, 1.165) is 73.7 Å². The minimum Gasteiger partial charge on any atom is -0.354 e. The first kappa shape index (κ1) is 23.5. The van der Waals surface area contributed by atoms with Gasteiger partial charge >= 0.3 is 0 Å². The number of hydrogen-bond acceptors (Lipinski definition) is 5. The Kier molecular flexibility index (Phi) is 7.48. The van der Waals surface area contributed by atoms with Gasteiger partial charge in [-0.25, -0.2) is 14.6 Å². The molecule has 1 aliphatic rings. The molecule has 0 aliphatic carbocycles. The number of hydrogen-bond donors (Lipinski definition) is 0. The summed E-state index contributed by atoms with van der Waals surface area (Å²) in [6.45, 7) is 9.61. The first-order chi connectivity index (χ1) is 16.0. The number of amides is 1. The Bertz CT molecular complexity index is 1110. The van der Waals surface area contributed by atoms with Crippen molar-refractivity contribution in [3.05, 3.63) is 41.3 Å². The van der Waals surface area contributed by atoms with Crippen LogP contribution >= 0.6 is 11.6 Å². The van der Waals surface area contributed by atoms with Crippen LogP contribution in [0.25, 0.3) is 16.7 Å². The maximum Gasteiger partial charge on any atom is 0.222 e. The van der Waals surface area contributed by atoms with Crippen molar-refractivity contribution in [2.45, 2.75) is 52.9 Å². The van der Waals surface area contributed by atoms with Gasteiger partial charge in [0.05, 0.1) is 17.3 Å². The SMILES string of the molecule is CCCC(=O)N1CCCN(c2nc(CCC(C)C)nc3c2cnn3-c2cccc(Cl)c2)CC1. The number of benzene rings is 1. The lowest BCUT2D eigenvalue weighted by Crippen LogP contribution is -2.35. The standard InChI is InChI=1S/C25H33ClN6O/c1-4-7-23(33)30-12-6-13-31(15-14-30)24-21-17-27-32(20-9-5-8-19(26)16-20)25(21)29-22(28-24)11-10-18(2)3/h5,8-9,16-18H,4,6-7,10-15H2,1-3H3. The molecule has 1 saturated heterocycles. The Morgan fingerprint density at radius 1 is 1.15 bits per heavy atom. The average molecular weight is 469 g/mol. The molecule has 33 heavy (non-hydrogen) atoms. The normalized spacial score (nSPS) is 14.8. The molecule has 7 nitrogen and oxygen atoms in total. The van der Waals surface area contributed by atoms with Crippen LogP contribution in [-0.4, -0.2) is 56.7 Å². The number of fused-ring (bicyclic) bond motifs is 1. The lowest BCUT2D eigenvalue weighted by molar-refractivity contribution is -0.131. The summed E-state index contributed by atoms with van der Waals surface area (Å²) in [7, 11) is 0. The van der Waals surface area contributed by atoms with Gasteiger partial charge in [-0.15, -0.1) is 0 Å². The van der Waals surface area contributed by atoms with Crippen LogP contribution in [0.5, 0.6) is 0 Å². The third kappa shape index (κ3) is 5.46. The van der Waals surface area contributed by atoms with E-state index in [2.05, 4.69) is 30.8 Å². The Hall–Kier alpha value is -2.67. The maximum atomic E-state index is 12.5. The molecule has 0 atom stereocenters. The number of aromatic nitrogens is 4. The molecule has 3 heterocycles. The predicted molar refractivity (Wildman–Crippen MR) is 133 cm³/mol. The van der Waals surface area contributed by atoms with Gasteiger partial charge in [0.1, 0.15) is 11.6 Å². The summed E-state index contributed by atoms with van der Waals surface area (Å²) < 4.78 is 1.85. The summed E-state index contributed by atoms with van der Waals surface area (Å²) in [6, 6.07) is 7.65. The summed E-state index contributed by atoms with van der Waals surface area (Å²) in [5.41, 5.74) is 1.67. The van der Waals surface area contributed by atoms with Crippen molar-refractivity contribution >= 4 is 34.4 Å². The number of carbonyl (C=O) groups is 1. The van der Waals surface area contributed by atoms with Gasteiger partial charge < -0.3 is 9.80 Å². The second-order valence-corrected chi connectivity index (χ2v) is 9.58. The quantitative estimate of drug-likeness (QED) is 0.493. The van der Waals surface area contributed by atoms with E-state index < -0.39 is 0 Å². The highest BCUT2D eigenvalue weighted by Gasteiger charge is 2.23. The van der Waals surface area contributed by atoms with E-state index in [4.69, 9.17) is 21.6 Å². The molecule has 1 aromatic carbocycles. The fourth-order valence-corrected chi connectivity index (χ4v) is 4.44. The summed E-state index contributed by atoms with van der Waals surface area (Å²) in [4.78, 5) is 26.7. The number of nitrogens with zero attached hydrogens (tertiary/aromatic N) is 6. The fourth-order valence-electron chi connectivity index (χ4n) is 4.26. The van der Waals surface area contributed by atoms with E-state index >= 15 is 0 Å². The highest BCUT2D eigenvalue weighted by atomic mass is 35.5. The van der Waals surface area contributed by atoms with Crippen LogP contribution in [-0.2, 0) is 11.2 Å². The van der Waals surface area contributed by atoms with Gasteiger partial charge in [-0.2, -0.15) is 5.10 Å². The Balaban J connectivity index is 1.71. The molecule has 2 aromatic heterocycles. The lowest BCUT2D eigenvalue weighted by atomic mass is 10.1. The largest absolute Gasteiger partial charge is 0.354 e. The van der Waals surface area contributed by atoms with Crippen LogP contribution < -0.4 is 4.90 Å². The maximum absolute atomic E-state index is 12.5. The van der Waals surface area contributed by atoms with E-state index in [9.17, 15) is 4.79 Å². The van der Waals surface area contributed by atoms with Crippen LogP contribution in [0.2, 0.25) is 5.02 Å². The first-order valence-electron chi connectivity index (χ1n) is 12.0. The highest BCUT2D eigenvalue weighted by Crippen LogP contribution is 2.28. The molecule has 0 N–H and O–H groups in total. The lowest BCUT2D eigenvalue weighted by Gasteiger charge is -2.24. The molecule has 4 rings (SSSR count). The topological polar surface area (TPSA) is 67.2 Å². The Morgan fingerprint density at radius 2 is 2.00 bits per heavy atom. The van der Waals surface area contributed by atoms with Gasteiger partial charge in [-0.1, -0.05) is 38.4 Å². The molecule has 0 radical (unpaired) electrons. The predicted octanol–water partition coefficient (Wildman–Crippen LogP) is 4.90. The number of rotatable bonds is 7. The summed E-state index contributed by atoms with van der Waals surface area (Å²) in [5, 5.41) is 6.24. The summed E-state index contributed by atoms with van der Waals surface area (Å²) in [6.07, 6.45) is 6.11.